The molecule has 1 aliphatic heterocycles. The lowest BCUT2D eigenvalue weighted by atomic mass is 10.1. The molecule has 1 aromatic heterocycles. The summed E-state index contributed by atoms with van der Waals surface area (Å²) in [6, 6.07) is 11.1. The first kappa shape index (κ1) is 18.8. The number of hydrogen-bond acceptors (Lipinski definition) is 5. The lowest BCUT2D eigenvalue weighted by Gasteiger charge is -2.34. The standard InChI is InChI=1S/C20H25N5O2/c1-15-6-7-17(16(2)13-15)22-20(27)23-19(26)14-24-9-11-25(12-10-24)18-5-3-4-8-21-18/h3-8,13H,9-12,14H2,1-2H3,(H2,22,23,26,27). The molecule has 0 bridgehead atoms. The number of imide groups is 1. The first-order valence-corrected chi connectivity index (χ1v) is 9.08. The number of nitrogens with one attached hydrogen (secondary N) is 2. The Morgan fingerprint density at radius 1 is 1.07 bits per heavy atom. The summed E-state index contributed by atoms with van der Waals surface area (Å²) >= 11 is 0. The molecule has 3 rings (SSSR count). The summed E-state index contributed by atoms with van der Waals surface area (Å²) in [6.45, 7) is 7.24. The van der Waals surface area contributed by atoms with Crippen molar-refractivity contribution in [3.05, 3.63) is 53.7 Å². The Balaban J connectivity index is 1.44. The molecule has 0 saturated carbocycles. The number of carbonyl (C=O) groups is 2. The summed E-state index contributed by atoms with van der Waals surface area (Å²) < 4.78 is 0. The van der Waals surface area contributed by atoms with Crippen molar-refractivity contribution >= 4 is 23.4 Å². The number of anilines is 2. The average Bonchev–Trinajstić information content (AvgIpc) is 2.65. The molecular weight excluding hydrogens is 342 g/mol. The molecule has 1 aromatic carbocycles. The molecule has 0 atom stereocenters. The zero-order valence-electron chi connectivity index (χ0n) is 15.7. The third-order valence-electron chi connectivity index (χ3n) is 4.60. The number of urea groups is 1. The second-order valence-electron chi connectivity index (χ2n) is 6.77. The monoisotopic (exact) mass is 367 g/mol. The molecule has 0 unspecified atom stereocenters. The van der Waals surface area contributed by atoms with E-state index in [1.165, 1.54) is 0 Å². The van der Waals surface area contributed by atoms with Crippen LogP contribution < -0.4 is 15.5 Å². The number of amides is 3. The molecule has 2 heterocycles. The van der Waals surface area contributed by atoms with E-state index in [4.69, 9.17) is 0 Å². The Labute approximate surface area is 159 Å². The van der Waals surface area contributed by atoms with Gasteiger partial charge in [-0.2, -0.15) is 0 Å². The van der Waals surface area contributed by atoms with Gasteiger partial charge in [0.15, 0.2) is 0 Å². The second kappa shape index (κ2) is 8.64. The van der Waals surface area contributed by atoms with Gasteiger partial charge in [0.05, 0.1) is 6.54 Å². The normalized spacial score (nSPS) is 14.7. The summed E-state index contributed by atoms with van der Waals surface area (Å²) in [6.07, 6.45) is 1.78. The highest BCUT2D eigenvalue weighted by Crippen LogP contribution is 2.16. The van der Waals surface area contributed by atoms with E-state index in [0.717, 1.165) is 43.1 Å². The van der Waals surface area contributed by atoms with Crippen LogP contribution in [-0.4, -0.2) is 54.5 Å². The highest BCUT2D eigenvalue weighted by atomic mass is 16.2. The van der Waals surface area contributed by atoms with Crippen molar-refractivity contribution in [2.45, 2.75) is 13.8 Å². The van der Waals surface area contributed by atoms with Crippen molar-refractivity contribution in [3.8, 4) is 0 Å². The van der Waals surface area contributed by atoms with Gasteiger partial charge in [0, 0.05) is 38.1 Å². The van der Waals surface area contributed by atoms with Crippen molar-refractivity contribution in [1.29, 1.82) is 0 Å². The van der Waals surface area contributed by atoms with Crippen LogP contribution in [0.4, 0.5) is 16.3 Å². The minimum Gasteiger partial charge on any atom is -0.354 e. The molecule has 7 nitrogen and oxygen atoms in total. The van der Waals surface area contributed by atoms with Crippen LogP contribution in [-0.2, 0) is 4.79 Å². The molecule has 27 heavy (non-hydrogen) atoms. The number of aromatic nitrogens is 1. The first-order valence-electron chi connectivity index (χ1n) is 9.08. The van der Waals surface area contributed by atoms with Crippen LogP contribution in [0.2, 0.25) is 0 Å². The van der Waals surface area contributed by atoms with E-state index in [0.29, 0.717) is 5.69 Å². The zero-order chi connectivity index (χ0) is 19.2. The van der Waals surface area contributed by atoms with E-state index in [1.54, 1.807) is 6.20 Å². The molecule has 1 aliphatic rings. The third kappa shape index (κ3) is 5.27. The van der Waals surface area contributed by atoms with Gasteiger partial charge in [-0.25, -0.2) is 9.78 Å². The smallest absolute Gasteiger partial charge is 0.325 e. The van der Waals surface area contributed by atoms with Gasteiger partial charge in [-0.15, -0.1) is 0 Å². The number of carbonyl (C=O) groups excluding carboxylic acids is 2. The lowest BCUT2D eigenvalue weighted by Crippen LogP contribution is -2.50. The summed E-state index contributed by atoms with van der Waals surface area (Å²) in [4.78, 5) is 32.8. The van der Waals surface area contributed by atoms with Crippen molar-refractivity contribution in [3.63, 3.8) is 0 Å². The molecule has 3 amide bonds. The van der Waals surface area contributed by atoms with Crippen LogP contribution in [0.25, 0.3) is 0 Å². The molecule has 142 valence electrons. The minimum atomic E-state index is -0.501. The van der Waals surface area contributed by atoms with Gasteiger partial charge in [-0.05, 0) is 37.6 Å². The van der Waals surface area contributed by atoms with Crippen LogP contribution in [0.3, 0.4) is 0 Å². The van der Waals surface area contributed by atoms with Crippen molar-refractivity contribution in [2.24, 2.45) is 0 Å². The Morgan fingerprint density at radius 2 is 1.85 bits per heavy atom. The number of pyridine rings is 1. The molecular formula is C20H25N5O2. The fourth-order valence-corrected chi connectivity index (χ4v) is 3.15. The van der Waals surface area contributed by atoms with Crippen LogP contribution in [0.15, 0.2) is 42.6 Å². The molecule has 1 saturated heterocycles. The summed E-state index contributed by atoms with van der Waals surface area (Å²) in [5, 5.41) is 5.13. The highest BCUT2D eigenvalue weighted by molar-refractivity contribution is 6.02. The maximum Gasteiger partial charge on any atom is 0.325 e. The largest absolute Gasteiger partial charge is 0.354 e. The van der Waals surface area contributed by atoms with Gasteiger partial charge < -0.3 is 10.2 Å². The minimum absolute atomic E-state index is 0.205. The Bertz CT molecular complexity index is 801. The summed E-state index contributed by atoms with van der Waals surface area (Å²) in [7, 11) is 0. The molecule has 7 heteroatoms. The van der Waals surface area contributed by atoms with Crippen molar-refractivity contribution in [1.82, 2.24) is 15.2 Å². The van der Waals surface area contributed by atoms with E-state index in [-0.39, 0.29) is 12.5 Å². The van der Waals surface area contributed by atoms with Gasteiger partial charge in [-0.3, -0.25) is 15.0 Å². The average molecular weight is 367 g/mol. The fourth-order valence-electron chi connectivity index (χ4n) is 3.15. The maximum absolute atomic E-state index is 12.2. The molecule has 2 N–H and O–H groups in total. The van der Waals surface area contributed by atoms with Gasteiger partial charge in [0.1, 0.15) is 5.82 Å². The number of rotatable bonds is 4. The quantitative estimate of drug-likeness (QED) is 0.866. The van der Waals surface area contributed by atoms with E-state index in [2.05, 4.69) is 20.5 Å². The van der Waals surface area contributed by atoms with Gasteiger partial charge >= 0.3 is 6.03 Å². The Hall–Kier alpha value is -2.93. The predicted octanol–water partition coefficient (Wildman–Crippen LogP) is 2.17. The number of aryl methyl sites for hydroxylation is 2. The fraction of sp³-hybridized carbons (Fsp3) is 0.350. The van der Waals surface area contributed by atoms with Gasteiger partial charge in [-0.1, -0.05) is 23.8 Å². The molecule has 0 aliphatic carbocycles. The second-order valence-corrected chi connectivity index (χ2v) is 6.77. The van der Waals surface area contributed by atoms with E-state index < -0.39 is 6.03 Å². The molecule has 2 aromatic rings. The Morgan fingerprint density at radius 3 is 2.52 bits per heavy atom. The first-order chi connectivity index (χ1) is 13.0. The van der Waals surface area contributed by atoms with E-state index >= 15 is 0 Å². The maximum atomic E-state index is 12.2. The van der Waals surface area contributed by atoms with Crippen LogP contribution >= 0.6 is 0 Å². The topological polar surface area (TPSA) is 77.6 Å². The Kier molecular flexibility index (Phi) is 6.03. The zero-order valence-corrected chi connectivity index (χ0v) is 15.7. The molecule has 1 fully saturated rings. The van der Waals surface area contributed by atoms with Crippen LogP contribution in [0.1, 0.15) is 11.1 Å². The van der Waals surface area contributed by atoms with Gasteiger partial charge in [0.25, 0.3) is 0 Å². The number of benzene rings is 1. The van der Waals surface area contributed by atoms with Crippen molar-refractivity contribution < 1.29 is 9.59 Å². The highest BCUT2D eigenvalue weighted by Gasteiger charge is 2.20. The SMILES string of the molecule is Cc1ccc(NC(=O)NC(=O)CN2CCN(c3ccccn3)CC2)c(C)c1. The van der Waals surface area contributed by atoms with E-state index in [9.17, 15) is 9.59 Å². The van der Waals surface area contributed by atoms with Gasteiger partial charge in [0.2, 0.25) is 5.91 Å². The molecule has 0 spiro atoms. The van der Waals surface area contributed by atoms with Crippen molar-refractivity contribution in [2.75, 3.05) is 42.9 Å². The number of hydrogen-bond donors (Lipinski definition) is 2. The third-order valence-corrected chi connectivity index (χ3v) is 4.60. The summed E-state index contributed by atoms with van der Waals surface area (Å²) in [5.41, 5.74) is 2.79. The predicted molar refractivity (Wildman–Crippen MR) is 106 cm³/mol. The van der Waals surface area contributed by atoms with E-state index in [1.807, 2.05) is 55.1 Å². The van der Waals surface area contributed by atoms with Crippen LogP contribution in [0.5, 0.6) is 0 Å². The lowest BCUT2D eigenvalue weighted by molar-refractivity contribution is -0.121. The van der Waals surface area contributed by atoms with Crippen LogP contribution in [0, 0.1) is 13.8 Å². The molecule has 0 radical (unpaired) electrons. The summed E-state index contributed by atoms with van der Waals surface area (Å²) in [5.74, 6) is 0.651. The number of piperazine rings is 1. The number of nitrogens with zero attached hydrogens (tertiary/aromatic N) is 3.